The first-order valence-corrected chi connectivity index (χ1v) is 9.21. The van der Waals surface area contributed by atoms with Crippen molar-refractivity contribution >= 4 is 65.1 Å². The first-order chi connectivity index (χ1) is 11.2. The van der Waals surface area contributed by atoms with E-state index in [9.17, 15) is 14.9 Å². The molecule has 0 aliphatic rings. The van der Waals surface area contributed by atoms with Crippen molar-refractivity contribution in [3.05, 3.63) is 47.1 Å². The molecule has 0 saturated heterocycles. The largest absolute Gasteiger partial charge is 0.324 e. The number of halogens is 3. The second kappa shape index (κ2) is 7.75. The van der Waals surface area contributed by atoms with Crippen LogP contribution >= 0.6 is 47.8 Å². The maximum atomic E-state index is 12.2. The Kier molecular flexibility index (Phi) is 6.16. The molecule has 0 atom stereocenters. The van der Waals surface area contributed by atoms with Gasteiger partial charge in [0.2, 0.25) is 5.91 Å². The van der Waals surface area contributed by atoms with Gasteiger partial charge in [-0.3, -0.25) is 19.6 Å². The smallest absolute Gasteiger partial charge is 0.271 e. The minimum atomic E-state index is -0.498. The van der Waals surface area contributed by atoms with Crippen molar-refractivity contribution in [2.45, 2.75) is 26.8 Å². The summed E-state index contributed by atoms with van der Waals surface area (Å²) in [5, 5.41) is 17.9. The zero-order valence-electron chi connectivity index (χ0n) is 12.8. The number of carbonyl (C=O) groups excluding carboxylic acids is 1. The van der Waals surface area contributed by atoms with Crippen molar-refractivity contribution in [2.24, 2.45) is 0 Å². The van der Waals surface area contributed by atoms with E-state index in [1.54, 1.807) is 4.68 Å². The van der Waals surface area contributed by atoms with Gasteiger partial charge in [-0.1, -0.05) is 0 Å². The van der Waals surface area contributed by atoms with Gasteiger partial charge in [0, 0.05) is 33.2 Å². The monoisotopic (exact) mass is 522 g/mol. The first kappa shape index (κ1) is 19.1. The molecule has 0 unspecified atom stereocenters. The predicted octanol–water partition coefficient (Wildman–Crippen LogP) is 4.72. The van der Waals surface area contributed by atoms with Crippen LogP contribution in [0.3, 0.4) is 0 Å². The summed E-state index contributed by atoms with van der Waals surface area (Å²) in [6.07, 6.45) is 0.226. The SMILES string of the molecule is Cc1nn(CCC(=O)Nc2c(Br)cc([N+](=O)[O-])cc2Br)c(C)c1Br. The molecule has 0 radical (unpaired) electrons. The van der Waals surface area contributed by atoms with Crippen molar-refractivity contribution in [1.29, 1.82) is 0 Å². The third kappa shape index (κ3) is 4.22. The maximum Gasteiger partial charge on any atom is 0.271 e. The average Bonchev–Trinajstić information content (AvgIpc) is 2.75. The molecular formula is C14H13Br3N4O3. The molecule has 1 aromatic carbocycles. The van der Waals surface area contributed by atoms with Gasteiger partial charge >= 0.3 is 0 Å². The highest BCUT2D eigenvalue weighted by atomic mass is 79.9. The van der Waals surface area contributed by atoms with E-state index in [-0.39, 0.29) is 18.0 Å². The van der Waals surface area contributed by atoms with Crippen LogP contribution in [-0.2, 0) is 11.3 Å². The third-order valence-corrected chi connectivity index (χ3v) is 5.74. The van der Waals surface area contributed by atoms with Crippen LogP contribution in [0.1, 0.15) is 17.8 Å². The van der Waals surface area contributed by atoms with Crippen LogP contribution in [0.15, 0.2) is 25.6 Å². The number of non-ortho nitro benzene ring substituents is 1. The molecule has 0 saturated carbocycles. The summed E-state index contributed by atoms with van der Waals surface area (Å²) in [6.45, 7) is 4.25. The second-order valence-electron chi connectivity index (χ2n) is 5.05. The Morgan fingerprint density at radius 1 is 1.29 bits per heavy atom. The van der Waals surface area contributed by atoms with E-state index in [0.29, 0.717) is 21.2 Å². The standard InChI is InChI=1S/C14H13Br3N4O3/c1-7-13(17)8(2)20(19-7)4-3-12(22)18-14-10(15)5-9(21(23)24)6-11(14)16/h5-6H,3-4H2,1-2H3,(H,18,22). The molecule has 1 heterocycles. The van der Waals surface area contributed by atoms with E-state index in [4.69, 9.17) is 0 Å². The molecule has 2 aromatic rings. The normalized spacial score (nSPS) is 10.7. The number of nitrogens with zero attached hydrogens (tertiary/aromatic N) is 3. The van der Waals surface area contributed by atoms with Crippen LogP contribution in [0.2, 0.25) is 0 Å². The van der Waals surface area contributed by atoms with Gasteiger partial charge in [-0.05, 0) is 61.6 Å². The highest BCUT2D eigenvalue weighted by Crippen LogP contribution is 2.35. The first-order valence-electron chi connectivity index (χ1n) is 6.83. The van der Waals surface area contributed by atoms with E-state index < -0.39 is 4.92 Å². The number of benzene rings is 1. The topological polar surface area (TPSA) is 90.1 Å². The summed E-state index contributed by atoms with van der Waals surface area (Å²) in [5.41, 5.74) is 2.21. The van der Waals surface area contributed by atoms with Crippen LogP contribution in [-0.4, -0.2) is 20.6 Å². The van der Waals surface area contributed by atoms with E-state index in [1.165, 1.54) is 12.1 Å². The number of nitro groups is 1. The summed E-state index contributed by atoms with van der Waals surface area (Å²) < 4.78 is 3.57. The van der Waals surface area contributed by atoms with E-state index in [1.807, 2.05) is 13.8 Å². The van der Waals surface area contributed by atoms with Gasteiger partial charge in [-0.2, -0.15) is 5.10 Å². The summed E-state index contributed by atoms with van der Waals surface area (Å²) in [6, 6.07) is 2.69. The molecule has 0 fully saturated rings. The molecule has 7 nitrogen and oxygen atoms in total. The molecule has 0 spiro atoms. The van der Waals surface area contributed by atoms with Crippen LogP contribution in [0, 0.1) is 24.0 Å². The lowest BCUT2D eigenvalue weighted by Gasteiger charge is -2.10. The van der Waals surface area contributed by atoms with Gasteiger partial charge < -0.3 is 5.32 Å². The summed E-state index contributed by atoms with van der Waals surface area (Å²) in [4.78, 5) is 22.5. The molecule has 0 aliphatic carbocycles. The number of amides is 1. The lowest BCUT2D eigenvalue weighted by molar-refractivity contribution is -0.385. The summed E-state index contributed by atoms with van der Waals surface area (Å²) in [7, 11) is 0. The van der Waals surface area contributed by atoms with E-state index >= 15 is 0 Å². The fourth-order valence-corrected chi connectivity index (χ4v) is 3.73. The van der Waals surface area contributed by atoms with Gasteiger partial charge in [0.1, 0.15) is 0 Å². The number of nitrogens with one attached hydrogen (secondary N) is 1. The van der Waals surface area contributed by atoms with Gasteiger partial charge in [0.15, 0.2) is 0 Å². The second-order valence-corrected chi connectivity index (χ2v) is 7.55. The molecule has 1 N–H and O–H groups in total. The Balaban J connectivity index is 2.07. The van der Waals surface area contributed by atoms with Crippen molar-refractivity contribution in [3.63, 3.8) is 0 Å². The van der Waals surface area contributed by atoms with Gasteiger partial charge in [-0.25, -0.2) is 0 Å². The zero-order chi connectivity index (χ0) is 18.0. The third-order valence-electron chi connectivity index (χ3n) is 3.35. The van der Waals surface area contributed by atoms with Crippen LogP contribution in [0.25, 0.3) is 0 Å². The minimum absolute atomic E-state index is 0.0701. The van der Waals surface area contributed by atoms with Gasteiger partial charge in [-0.15, -0.1) is 0 Å². The number of hydrogen-bond donors (Lipinski definition) is 1. The number of anilines is 1. The Morgan fingerprint density at radius 2 is 1.88 bits per heavy atom. The number of aryl methyl sites for hydroxylation is 2. The minimum Gasteiger partial charge on any atom is -0.324 e. The van der Waals surface area contributed by atoms with Gasteiger partial charge in [0.25, 0.3) is 5.69 Å². The fourth-order valence-electron chi connectivity index (χ4n) is 2.09. The highest BCUT2D eigenvalue weighted by Gasteiger charge is 2.16. The lowest BCUT2D eigenvalue weighted by atomic mass is 10.2. The van der Waals surface area contributed by atoms with Gasteiger partial charge in [0.05, 0.1) is 27.3 Å². The Hall–Kier alpha value is -1.26. The van der Waals surface area contributed by atoms with Crippen LogP contribution < -0.4 is 5.32 Å². The van der Waals surface area contributed by atoms with Crippen LogP contribution in [0.4, 0.5) is 11.4 Å². The summed E-state index contributed by atoms with van der Waals surface area (Å²) in [5.74, 6) is -0.214. The summed E-state index contributed by atoms with van der Waals surface area (Å²) >= 11 is 9.93. The number of aromatic nitrogens is 2. The number of hydrogen-bond acceptors (Lipinski definition) is 4. The number of rotatable bonds is 5. The van der Waals surface area contributed by atoms with Crippen molar-refractivity contribution < 1.29 is 9.72 Å². The highest BCUT2D eigenvalue weighted by molar-refractivity contribution is 9.11. The number of nitro benzene ring substituents is 1. The van der Waals surface area contributed by atoms with Crippen LogP contribution in [0.5, 0.6) is 0 Å². The Bertz CT molecular complexity index is 797. The Morgan fingerprint density at radius 3 is 2.33 bits per heavy atom. The molecule has 0 aliphatic heterocycles. The number of carbonyl (C=O) groups is 1. The molecule has 0 bridgehead atoms. The van der Waals surface area contributed by atoms with Crippen molar-refractivity contribution in [3.8, 4) is 0 Å². The van der Waals surface area contributed by atoms with E-state index in [0.717, 1.165) is 15.9 Å². The molecule has 1 aromatic heterocycles. The molecule has 10 heteroatoms. The quantitative estimate of drug-likeness (QED) is 0.452. The fraction of sp³-hybridized carbons (Fsp3) is 0.286. The van der Waals surface area contributed by atoms with E-state index in [2.05, 4.69) is 58.2 Å². The Labute approximate surface area is 163 Å². The van der Waals surface area contributed by atoms with Crippen molar-refractivity contribution in [1.82, 2.24) is 9.78 Å². The predicted molar refractivity (Wildman–Crippen MR) is 101 cm³/mol. The molecular weight excluding hydrogens is 512 g/mol. The van der Waals surface area contributed by atoms with Crippen molar-refractivity contribution in [2.75, 3.05) is 5.32 Å². The lowest BCUT2D eigenvalue weighted by Crippen LogP contribution is -2.16. The zero-order valence-corrected chi connectivity index (χ0v) is 17.5. The molecule has 1 amide bonds. The molecule has 2 rings (SSSR count). The molecule has 128 valence electrons. The maximum absolute atomic E-state index is 12.2. The molecule has 24 heavy (non-hydrogen) atoms. The average molecular weight is 525 g/mol.